The van der Waals surface area contributed by atoms with Gasteiger partial charge in [0.05, 0.1) is 18.7 Å². The van der Waals surface area contributed by atoms with Crippen molar-refractivity contribution in [2.75, 3.05) is 17.7 Å². The van der Waals surface area contributed by atoms with Crippen molar-refractivity contribution in [1.82, 2.24) is 9.97 Å². The number of thiophene rings is 1. The number of rotatable bonds is 5. The van der Waals surface area contributed by atoms with Crippen LogP contribution in [-0.4, -0.2) is 28.5 Å². The Morgan fingerprint density at radius 1 is 1.31 bits per heavy atom. The average molecular weight is 390 g/mol. The second-order valence-corrected chi connectivity index (χ2v) is 7.79. The molecule has 0 radical (unpaired) electrons. The van der Waals surface area contributed by atoms with Crippen LogP contribution in [-0.2, 0) is 16.0 Å². The maximum Gasteiger partial charge on any atom is 0.311 e. The van der Waals surface area contributed by atoms with Crippen LogP contribution in [0.15, 0.2) is 12.3 Å². The number of nitrogens with two attached hydrogens (primary N) is 1. The van der Waals surface area contributed by atoms with Gasteiger partial charge in [0.2, 0.25) is 0 Å². The summed E-state index contributed by atoms with van der Waals surface area (Å²) in [5.41, 5.74) is 8.48. The number of ether oxygens (including phenoxy) is 1. The first-order chi connectivity index (χ1) is 12.4. The average Bonchev–Trinajstić information content (AvgIpc) is 3.11. The van der Waals surface area contributed by atoms with Gasteiger partial charge in [-0.25, -0.2) is 9.97 Å². The lowest BCUT2D eigenvalue weighted by molar-refractivity contribution is -0.142. The first-order valence-corrected chi connectivity index (χ1v) is 9.60. The number of carbonyl (C=O) groups excluding carboxylic acids is 2. The van der Waals surface area contributed by atoms with E-state index in [-0.39, 0.29) is 18.3 Å². The fourth-order valence-electron chi connectivity index (χ4n) is 2.59. The second-order valence-electron chi connectivity index (χ2n) is 5.67. The summed E-state index contributed by atoms with van der Waals surface area (Å²) in [6.45, 7) is 5.94. The Morgan fingerprint density at radius 2 is 2.08 bits per heavy atom. The van der Waals surface area contributed by atoms with E-state index in [0.717, 1.165) is 26.4 Å². The van der Waals surface area contributed by atoms with E-state index < -0.39 is 0 Å². The molecule has 0 fully saturated rings. The quantitative estimate of drug-likeness (QED) is 0.647. The van der Waals surface area contributed by atoms with E-state index in [1.165, 1.54) is 22.7 Å². The maximum atomic E-state index is 12.6. The number of hydrogen-bond donors (Lipinski definition) is 2. The van der Waals surface area contributed by atoms with Gasteiger partial charge in [0.1, 0.15) is 9.71 Å². The molecule has 3 heterocycles. The number of nitrogen functional groups attached to an aromatic ring is 1. The molecule has 1 amide bonds. The summed E-state index contributed by atoms with van der Waals surface area (Å²) >= 11 is 2.49. The normalized spacial score (nSPS) is 10.9. The predicted octanol–water partition coefficient (Wildman–Crippen LogP) is 3.31. The van der Waals surface area contributed by atoms with Gasteiger partial charge in [-0.3, -0.25) is 14.9 Å². The van der Waals surface area contributed by atoms with Gasteiger partial charge in [0.15, 0.2) is 5.13 Å². The van der Waals surface area contributed by atoms with Crippen LogP contribution < -0.4 is 11.1 Å². The molecule has 0 unspecified atom stereocenters. The van der Waals surface area contributed by atoms with Crippen molar-refractivity contribution in [3.05, 3.63) is 33.3 Å². The van der Waals surface area contributed by atoms with E-state index in [0.29, 0.717) is 22.3 Å². The van der Waals surface area contributed by atoms with Crippen molar-refractivity contribution >= 4 is 55.6 Å². The molecule has 3 aromatic heterocycles. The van der Waals surface area contributed by atoms with Gasteiger partial charge in [-0.2, -0.15) is 0 Å². The number of carbonyl (C=O) groups is 2. The number of aromatic nitrogens is 2. The Hall–Kier alpha value is -2.52. The van der Waals surface area contributed by atoms with Gasteiger partial charge in [0, 0.05) is 22.2 Å². The van der Waals surface area contributed by atoms with Gasteiger partial charge in [-0.15, -0.1) is 22.7 Å². The highest BCUT2D eigenvalue weighted by Gasteiger charge is 2.20. The van der Waals surface area contributed by atoms with E-state index in [1.807, 2.05) is 19.9 Å². The minimum absolute atomic E-state index is 0.134. The Kier molecular flexibility index (Phi) is 5.19. The Balaban J connectivity index is 1.80. The number of amides is 1. The number of esters is 1. The number of pyridine rings is 1. The van der Waals surface area contributed by atoms with Crippen LogP contribution in [0, 0.1) is 13.8 Å². The third-order valence-corrected chi connectivity index (χ3v) is 5.64. The molecule has 3 rings (SSSR count). The SMILES string of the molecule is CCOC(=O)Cc1cnc(NC(=O)c2sc3nc(C)cc(C)c3c2N)s1. The highest BCUT2D eigenvalue weighted by atomic mass is 32.1. The molecule has 0 aliphatic rings. The van der Waals surface area contributed by atoms with Crippen molar-refractivity contribution in [2.24, 2.45) is 0 Å². The standard InChI is InChI=1S/C17H18N4O3S2/c1-4-24-11(22)6-10-7-19-17(25-10)21-15(23)14-13(18)12-8(2)5-9(3)20-16(12)26-14/h5,7H,4,6,18H2,1-3H3,(H,19,21,23). The first kappa shape index (κ1) is 18.3. The molecule has 26 heavy (non-hydrogen) atoms. The molecule has 9 heteroatoms. The van der Waals surface area contributed by atoms with Gasteiger partial charge in [0.25, 0.3) is 5.91 Å². The van der Waals surface area contributed by atoms with Crippen LogP contribution in [0.4, 0.5) is 10.8 Å². The largest absolute Gasteiger partial charge is 0.466 e. The van der Waals surface area contributed by atoms with Crippen LogP contribution in [0.5, 0.6) is 0 Å². The molecule has 0 aliphatic heterocycles. The van der Waals surface area contributed by atoms with Crippen LogP contribution >= 0.6 is 22.7 Å². The van der Waals surface area contributed by atoms with Crippen LogP contribution in [0.2, 0.25) is 0 Å². The summed E-state index contributed by atoms with van der Waals surface area (Å²) in [5, 5.41) is 3.96. The second kappa shape index (κ2) is 7.38. The van der Waals surface area contributed by atoms with Crippen LogP contribution in [0.25, 0.3) is 10.2 Å². The molecule has 0 saturated carbocycles. The third-order valence-electron chi connectivity index (χ3n) is 3.63. The Bertz CT molecular complexity index is 993. The van der Waals surface area contributed by atoms with Crippen molar-refractivity contribution in [2.45, 2.75) is 27.2 Å². The molecular weight excluding hydrogens is 372 g/mol. The minimum atomic E-state index is -0.334. The monoisotopic (exact) mass is 390 g/mol. The highest BCUT2D eigenvalue weighted by Crippen LogP contribution is 2.35. The summed E-state index contributed by atoms with van der Waals surface area (Å²) in [7, 11) is 0. The molecule has 0 aromatic carbocycles. The topological polar surface area (TPSA) is 107 Å². The summed E-state index contributed by atoms with van der Waals surface area (Å²) in [5.74, 6) is -0.653. The molecule has 0 aliphatic carbocycles. The number of hydrogen-bond acceptors (Lipinski definition) is 8. The van der Waals surface area contributed by atoms with Gasteiger partial charge >= 0.3 is 5.97 Å². The zero-order valence-corrected chi connectivity index (χ0v) is 16.2. The van der Waals surface area contributed by atoms with Gasteiger partial charge < -0.3 is 10.5 Å². The Labute approximate surface area is 158 Å². The highest BCUT2D eigenvalue weighted by molar-refractivity contribution is 7.21. The zero-order chi connectivity index (χ0) is 18.8. The first-order valence-electron chi connectivity index (χ1n) is 7.97. The lowest BCUT2D eigenvalue weighted by atomic mass is 10.1. The lowest BCUT2D eigenvalue weighted by Crippen LogP contribution is -2.11. The summed E-state index contributed by atoms with van der Waals surface area (Å²) in [6, 6.07) is 1.94. The lowest BCUT2D eigenvalue weighted by Gasteiger charge is -2.01. The molecule has 0 atom stereocenters. The van der Waals surface area contributed by atoms with Crippen molar-refractivity contribution in [3.63, 3.8) is 0 Å². The fourth-order valence-corrected chi connectivity index (χ4v) is 4.50. The molecule has 7 nitrogen and oxygen atoms in total. The minimum Gasteiger partial charge on any atom is -0.466 e. The fraction of sp³-hybridized carbons (Fsp3) is 0.294. The zero-order valence-electron chi connectivity index (χ0n) is 14.6. The molecule has 3 aromatic rings. The maximum absolute atomic E-state index is 12.6. The van der Waals surface area contributed by atoms with E-state index in [4.69, 9.17) is 10.5 Å². The summed E-state index contributed by atoms with van der Waals surface area (Å²) < 4.78 is 4.91. The summed E-state index contributed by atoms with van der Waals surface area (Å²) in [4.78, 5) is 34.6. The van der Waals surface area contributed by atoms with Crippen LogP contribution in [0.3, 0.4) is 0 Å². The predicted molar refractivity (Wildman–Crippen MR) is 104 cm³/mol. The molecule has 0 spiro atoms. The molecule has 0 bridgehead atoms. The molecular formula is C17H18N4O3S2. The van der Waals surface area contributed by atoms with E-state index >= 15 is 0 Å². The van der Waals surface area contributed by atoms with Crippen molar-refractivity contribution in [1.29, 1.82) is 0 Å². The number of anilines is 2. The number of aryl methyl sites for hydroxylation is 2. The van der Waals surface area contributed by atoms with Crippen LogP contribution in [0.1, 0.15) is 32.7 Å². The van der Waals surface area contributed by atoms with Crippen molar-refractivity contribution < 1.29 is 14.3 Å². The number of fused-ring (bicyclic) bond motifs is 1. The summed E-state index contributed by atoms with van der Waals surface area (Å²) in [6.07, 6.45) is 1.69. The van der Waals surface area contributed by atoms with E-state index in [1.54, 1.807) is 13.1 Å². The molecule has 136 valence electrons. The molecule has 0 saturated heterocycles. The number of nitrogens with one attached hydrogen (secondary N) is 1. The van der Waals surface area contributed by atoms with Crippen molar-refractivity contribution in [3.8, 4) is 0 Å². The van der Waals surface area contributed by atoms with E-state index in [2.05, 4.69) is 15.3 Å². The Morgan fingerprint density at radius 3 is 2.81 bits per heavy atom. The van der Waals surface area contributed by atoms with Gasteiger partial charge in [-0.1, -0.05) is 0 Å². The van der Waals surface area contributed by atoms with Gasteiger partial charge in [-0.05, 0) is 32.4 Å². The molecule has 3 N–H and O–H groups in total. The number of thiazole rings is 1. The smallest absolute Gasteiger partial charge is 0.311 e. The number of nitrogens with zero attached hydrogens (tertiary/aromatic N) is 2. The van der Waals surface area contributed by atoms with E-state index in [9.17, 15) is 9.59 Å². The third kappa shape index (κ3) is 3.68.